The average Bonchev–Trinajstić information content (AvgIpc) is 2.79. The molecule has 1 unspecified atom stereocenters. The number of rotatable bonds is 7. The minimum Gasteiger partial charge on any atom is -0.496 e. The van der Waals surface area contributed by atoms with Gasteiger partial charge in [-0.05, 0) is 37.0 Å². The van der Waals surface area contributed by atoms with Crippen LogP contribution < -0.4 is 10.1 Å². The molecule has 2 saturated heterocycles. The predicted octanol–water partition coefficient (Wildman–Crippen LogP) is 2.67. The zero-order chi connectivity index (χ0) is 22.4. The third-order valence-electron chi connectivity index (χ3n) is 6.31. The van der Waals surface area contributed by atoms with Gasteiger partial charge < -0.3 is 19.7 Å². The van der Waals surface area contributed by atoms with E-state index in [0.717, 1.165) is 26.3 Å². The number of carbonyl (C=O) groups is 2. The van der Waals surface area contributed by atoms with Gasteiger partial charge in [0.25, 0.3) is 5.91 Å². The zero-order valence-electron chi connectivity index (χ0n) is 18.7. The van der Waals surface area contributed by atoms with Crippen molar-refractivity contribution in [1.29, 1.82) is 0 Å². The van der Waals surface area contributed by atoms with E-state index < -0.39 is 0 Å². The number of nitrogens with one attached hydrogen (secondary N) is 1. The lowest BCUT2D eigenvalue weighted by atomic mass is 9.94. The summed E-state index contributed by atoms with van der Waals surface area (Å²) in [6, 6.07) is 5.36. The minimum absolute atomic E-state index is 0.0668. The van der Waals surface area contributed by atoms with Crippen molar-refractivity contribution < 1.29 is 19.1 Å². The summed E-state index contributed by atoms with van der Waals surface area (Å²) in [6.45, 7) is 9.45. The summed E-state index contributed by atoms with van der Waals surface area (Å²) in [5.41, 5.74) is 0.461. The molecule has 31 heavy (non-hydrogen) atoms. The highest BCUT2D eigenvalue weighted by atomic mass is 35.5. The second-order valence-corrected chi connectivity index (χ2v) is 9.05. The lowest BCUT2D eigenvalue weighted by molar-refractivity contribution is -0.126. The van der Waals surface area contributed by atoms with Crippen LogP contribution in [0, 0.1) is 11.8 Å². The molecular formula is C23H34ClN3O4. The zero-order valence-corrected chi connectivity index (χ0v) is 19.5. The van der Waals surface area contributed by atoms with E-state index in [1.807, 2.05) is 0 Å². The van der Waals surface area contributed by atoms with Crippen LogP contribution in [-0.4, -0.2) is 80.7 Å². The highest BCUT2D eigenvalue weighted by molar-refractivity contribution is 6.31. The number of hydrogen-bond acceptors (Lipinski definition) is 5. The molecular weight excluding hydrogens is 418 g/mol. The molecule has 0 bridgehead atoms. The molecule has 2 aliphatic heterocycles. The molecule has 1 aromatic carbocycles. The molecule has 1 N–H and O–H groups in total. The van der Waals surface area contributed by atoms with Crippen LogP contribution in [0.1, 0.15) is 37.0 Å². The average molecular weight is 452 g/mol. The maximum absolute atomic E-state index is 12.9. The Kier molecular flexibility index (Phi) is 8.58. The van der Waals surface area contributed by atoms with Gasteiger partial charge in [-0.2, -0.15) is 0 Å². The Labute approximate surface area is 190 Å². The molecule has 7 nitrogen and oxygen atoms in total. The first-order valence-electron chi connectivity index (χ1n) is 11.1. The normalized spacial score (nSPS) is 19.3. The second-order valence-electron chi connectivity index (χ2n) is 8.62. The first kappa shape index (κ1) is 23.8. The highest BCUT2D eigenvalue weighted by Crippen LogP contribution is 2.26. The SMILES string of the molecule is COc1ccc(Cl)cc1C(=O)N1CCC(C(=O)NCC(C(C)C)N2CCOCC2)CC1. The van der Waals surface area contributed by atoms with Gasteiger partial charge in [0.1, 0.15) is 5.75 Å². The van der Waals surface area contributed by atoms with Crippen LogP contribution in [0.3, 0.4) is 0 Å². The Morgan fingerprint density at radius 1 is 1.19 bits per heavy atom. The number of hydrogen-bond donors (Lipinski definition) is 1. The van der Waals surface area contributed by atoms with Crippen molar-refractivity contribution in [2.45, 2.75) is 32.7 Å². The van der Waals surface area contributed by atoms with Crippen molar-refractivity contribution >= 4 is 23.4 Å². The fourth-order valence-electron chi connectivity index (χ4n) is 4.41. The molecule has 172 valence electrons. The van der Waals surface area contributed by atoms with E-state index in [9.17, 15) is 9.59 Å². The first-order chi connectivity index (χ1) is 14.9. The van der Waals surface area contributed by atoms with Gasteiger partial charge >= 0.3 is 0 Å². The highest BCUT2D eigenvalue weighted by Gasteiger charge is 2.30. The van der Waals surface area contributed by atoms with E-state index in [0.29, 0.717) is 60.8 Å². The predicted molar refractivity (Wildman–Crippen MR) is 121 cm³/mol. The van der Waals surface area contributed by atoms with E-state index in [2.05, 4.69) is 24.1 Å². The van der Waals surface area contributed by atoms with Crippen LogP contribution in [0.4, 0.5) is 0 Å². The molecule has 3 rings (SSSR count). The Morgan fingerprint density at radius 2 is 1.87 bits per heavy atom. The van der Waals surface area contributed by atoms with Crippen LogP contribution in [0.5, 0.6) is 5.75 Å². The van der Waals surface area contributed by atoms with E-state index in [1.54, 1.807) is 23.1 Å². The second kappa shape index (κ2) is 11.2. The number of carbonyl (C=O) groups excluding carboxylic acids is 2. The van der Waals surface area contributed by atoms with Crippen molar-refractivity contribution in [2.24, 2.45) is 11.8 Å². The number of piperidine rings is 1. The van der Waals surface area contributed by atoms with Crippen molar-refractivity contribution in [2.75, 3.05) is 53.0 Å². The Hall–Kier alpha value is -1.83. The number of methoxy groups -OCH3 is 1. The van der Waals surface area contributed by atoms with Crippen LogP contribution >= 0.6 is 11.6 Å². The number of amides is 2. The minimum atomic E-state index is -0.106. The third kappa shape index (κ3) is 6.11. The summed E-state index contributed by atoms with van der Waals surface area (Å²) in [4.78, 5) is 29.9. The lowest BCUT2D eigenvalue weighted by Crippen LogP contribution is -2.52. The lowest BCUT2D eigenvalue weighted by Gasteiger charge is -2.37. The van der Waals surface area contributed by atoms with E-state index in [4.69, 9.17) is 21.1 Å². The summed E-state index contributed by atoms with van der Waals surface area (Å²) < 4.78 is 10.8. The molecule has 2 heterocycles. The van der Waals surface area contributed by atoms with Crippen LogP contribution in [0.2, 0.25) is 5.02 Å². The van der Waals surface area contributed by atoms with Crippen molar-refractivity contribution in [3.8, 4) is 5.75 Å². The fourth-order valence-corrected chi connectivity index (χ4v) is 4.58. The molecule has 2 aliphatic rings. The topological polar surface area (TPSA) is 71.1 Å². The van der Waals surface area contributed by atoms with Crippen LogP contribution in [0.15, 0.2) is 18.2 Å². The molecule has 0 aromatic heterocycles. The summed E-state index contributed by atoms with van der Waals surface area (Å²) >= 11 is 6.07. The summed E-state index contributed by atoms with van der Waals surface area (Å²) in [6.07, 6.45) is 1.31. The van der Waals surface area contributed by atoms with Crippen molar-refractivity contribution in [1.82, 2.24) is 15.1 Å². The molecule has 0 aliphatic carbocycles. The van der Waals surface area contributed by atoms with Crippen molar-refractivity contribution in [3.63, 3.8) is 0 Å². The van der Waals surface area contributed by atoms with Gasteiger partial charge in [-0.1, -0.05) is 25.4 Å². The molecule has 2 amide bonds. The van der Waals surface area contributed by atoms with Gasteiger partial charge in [0, 0.05) is 49.7 Å². The standard InChI is InChI=1S/C23H34ClN3O4/c1-16(2)20(26-10-12-31-13-11-26)15-25-22(28)17-6-8-27(9-7-17)23(29)19-14-18(24)4-5-21(19)30-3/h4-5,14,16-17,20H,6-13,15H2,1-3H3,(H,25,28). The van der Waals surface area contributed by atoms with Gasteiger partial charge in [-0.25, -0.2) is 0 Å². The van der Waals surface area contributed by atoms with Crippen LogP contribution in [0.25, 0.3) is 0 Å². The molecule has 8 heteroatoms. The van der Waals surface area contributed by atoms with E-state index in [1.165, 1.54) is 7.11 Å². The summed E-state index contributed by atoms with van der Waals surface area (Å²) in [5, 5.41) is 3.67. The first-order valence-corrected chi connectivity index (χ1v) is 11.5. The maximum atomic E-state index is 12.9. The third-order valence-corrected chi connectivity index (χ3v) is 6.55. The molecule has 0 radical (unpaired) electrons. The van der Waals surface area contributed by atoms with Crippen molar-refractivity contribution in [3.05, 3.63) is 28.8 Å². The number of halogens is 1. The van der Waals surface area contributed by atoms with Crippen LogP contribution in [-0.2, 0) is 9.53 Å². The Morgan fingerprint density at radius 3 is 2.48 bits per heavy atom. The quantitative estimate of drug-likeness (QED) is 0.690. The number of benzene rings is 1. The Balaban J connectivity index is 1.51. The molecule has 2 fully saturated rings. The number of likely N-dealkylation sites (tertiary alicyclic amines) is 1. The molecule has 1 aromatic rings. The van der Waals surface area contributed by atoms with Gasteiger partial charge in [0.15, 0.2) is 0 Å². The van der Waals surface area contributed by atoms with E-state index in [-0.39, 0.29) is 17.7 Å². The number of nitrogens with zero attached hydrogens (tertiary/aromatic N) is 2. The fraction of sp³-hybridized carbons (Fsp3) is 0.652. The monoisotopic (exact) mass is 451 g/mol. The number of morpholine rings is 1. The van der Waals surface area contributed by atoms with Gasteiger partial charge in [0.05, 0.1) is 25.9 Å². The number of ether oxygens (including phenoxy) is 2. The molecule has 0 saturated carbocycles. The van der Waals surface area contributed by atoms with Gasteiger partial charge in [-0.15, -0.1) is 0 Å². The molecule has 1 atom stereocenters. The largest absolute Gasteiger partial charge is 0.496 e. The van der Waals surface area contributed by atoms with E-state index >= 15 is 0 Å². The smallest absolute Gasteiger partial charge is 0.257 e. The Bertz CT molecular complexity index is 759. The van der Waals surface area contributed by atoms with Gasteiger partial charge in [0.2, 0.25) is 5.91 Å². The molecule has 0 spiro atoms. The maximum Gasteiger partial charge on any atom is 0.257 e. The summed E-state index contributed by atoms with van der Waals surface area (Å²) in [7, 11) is 1.54. The van der Waals surface area contributed by atoms with Gasteiger partial charge in [-0.3, -0.25) is 14.5 Å². The summed E-state index contributed by atoms with van der Waals surface area (Å²) in [5.74, 6) is 0.877.